The molecule has 0 aliphatic heterocycles. The molecule has 1 aliphatic carbocycles. The normalized spacial score (nSPS) is 15.4. The van der Waals surface area contributed by atoms with E-state index >= 15 is 0 Å². The lowest BCUT2D eigenvalue weighted by molar-refractivity contribution is 0.432. The second kappa shape index (κ2) is 19.9. The lowest BCUT2D eigenvalue weighted by Gasteiger charge is -2.43. The summed E-state index contributed by atoms with van der Waals surface area (Å²) in [5, 5.41) is 0. The Morgan fingerprint density at radius 2 is 0.629 bits per heavy atom. The molecule has 2 atom stereocenters. The molecule has 0 saturated heterocycles. The fourth-order valence-electron chi connectivity index (χ4n) is 10.3. The predicted octanol–water partition coefficient (Wildman–Crippen LogP) is 18.1. The van der Waals surface area contributed by atoms with Gasteiger partial charge in [0.2, 0.25) is 0 Å². The maximum Gasteiger partial charge on any atom is 0.0462 e. The van der Waals surface area contributed by atoms with Crippen LogP contribution in [-0.2, 0) is 11.8 Å². The van der Waals surface area contributed by atoms with Crippen molar-refractivity contribution < 1.29 is 0 Å². The highest BCUT2D eigenvalue weighted by Crippen LogP contribution is 2.50. The maximum absolute atomic E-state index is 2.54. The van der Waals surface area contributed by atoms with Gasteiger partial charge in [-0.05, 0) is 135 Å². The molecule has 0 radical (unpaired) electrons. The molecule has 0 heterocycles. The smallest absolute Gasteiger partial charge is 0.0462 e. The zero-order valence-corrected chi connectivity index (χ0v) is 39.4. The number of allylic oxidation sites excluding steroid dienone is 3. The molecule has 10 aromatic carbocycles. The molecule has 0 bridgehead atoms. The summed E-state index contributed by atoms with van der Waals surface area (Å²) in [6.07, 6.45) is 5.84. The highest BCUT2D eigenvalue weighted by atomic mass is 15.2. The van der Waals surface area contributed by atoms with Gasteiger partial charge in [0.15, 0.2) is 0 Å². The van der Waals surface area contributed by atoms with Gasteiger partial charge in [-0.25, -0.2) is 0 Å². The predicted molar refractivity (Wildman–Crippen MR) is 296 cm³/mol. The van der Waals surface area contributed by atoms with Crippen LogP contribution in [0.15, 0.2) is 297 Å². The third-order valence-corrected chi connectivity index (χ3v) is 14.0. The van der Waals surface area contributed by atoms with E-state index in [2.05, 4.69) is 308 Å². The molecule has 0 amide bonds. The molecule has 10 aromatic rings. The lowest BCUT2D eigenvalue weighted by Crippen LogP contribution is -2.37. The Bertz CT molecular complexity index is 3250. The number of para-hydroxylation sites is 1. The summed E-state index contributed by atoms with van der Waals surface area (Å²) in [5.41, 5.74) is 18.6. The Labute approximate surface area is 413 Å². The highest BCUT2D eigenvalue weighted by Gasteiger charge is 2.41. The number of anilines is 5. The molecule has 1 aliphatic rings. The van der Waals surface area contributed by atoms with E-state index in [9.17, 15) is 0 Å². The minimum absolute atomic E-state index is 0.102. The van der Waals surface area contributed by atoms with E-state index in [0.29, 0.717) is 0 Å². The number of hydrogen-bond donors (Lipinski definition) is 0. The largest absolute Gasteiger partial charge is 0.311 e. The fraction of sp³-hybridized carbons (Fsp3) is 0.0588. The van der Waals surface area contributed by atoms with Crippen molar-refractivity contribution in [2.75, 3.05) is 9.80 Å². The molecular formula is C68H54N2. The molecule has 70 heavy (non-hydrogen) atoms. The van der Waals surface area contributed by atoms with E-state index in [1.807, 2.05) is 0 Å². The Hall–Kier alpha value is -8.72. The standard InChI is InChI=1S/C68H54N2/c1-68(59-28-16-6-17-29-59)50-65(70(63-44-36-56(37-45-63)53-22-10-3-11-23-53)64-46-38-57(39-47-64)54-24-12-4-13-25-54)49-66(58-26-14-5-15-27-58)67(68)48-51-32-40-61(41-33-51)69(60-30-18-7-19-31-60)62-42-34-55(35-43-62)52-20-8-2-9-21-52/h2-47,49-50,67H,48H2,1H3. The van der Waals surface area contributed by atoms with Gasteiger partial charge in [0.05, 0.1) is 0 Å². The van der Waals surface area contributed by atoms with Crippen molar-refractivity contribution in [3.05, 3.63) is 314 Å². The lowest BCUT2D eigenvalue weighted by atomic mass is 9.62. The Morgan fingerprint density at radius 3 is 1.04 bits per heavy atom. The first-order valence-electron chi connectivity index (χ1n) is 24.3. The first kappa shape index (κ1) is 43.8. The summed E-state index contributed by atoms with van der Waals surface area (Å²) in [6, 6.07) is 101. The van der Waals surface area contributed by atoms with Gasteiger partial charge in [0.1, 0.15) is 0 Å². The van der Waals surface area contributed by atoms with Crippen molar-refractivity contribution in [3.8, 4) is 33.4 Å². The van der Waals surface area contributed by atoms with Gasteiger partial charge < -0.3 is 9.80 Å². The molecule has 2 nitrogen and oxygen atoms in total. The monoisotopic (exact) mass is 898 g/mol. The van der Waals surface area contributed by atoms with Crippen molar-refractivity contribution in [1.82, 2.24) is 0 Å². The van der Waals surface area contributed by atoms with Crippen LogP contribution in [0.3, 0.4) is 0 Å². The molecule has 0 spiro atoms. The van der Waals surface area contributed by atoms with Crippen LogP contribution >= 0.6 is 0 Å². The van der Waals surface area contributed by atoms with Crippen molar-refractivity contribution in [3.63, 3.8) is 0 Å². The van der Waals surface area contributed by atoms with Gasteiger partial charge in [-0.1, -0.05) is 225 Å². The summed E-state index contributed by atoms with van der Waals surface area (Å²) < 4.78 is 0. The number of nitrogens with zero attached hydrogens (tertiary/aromatic N) is 2. The molecule has 0 fully saturated rings. The van der Waals surface area contributed by atoms with Crippen LogP contribution in [0.4, 0.5) is 28.4 Å². The van der Waals surface area contributed by atoms with E-state index in [-0.39, 0.29) is 5.92 Å². The summed E-state index contributed by atoms with van der Waals surface area (Å²) in [4.78, 5) is 4.80. The molecule has 11 rings (SSSR count). The first-order valence-corrected chi connectivity index (χ1v) is 24.3. The van der Waals surface area contributed by atoms with Gasteiger partial charge in [-0.15, -0.1) is 0 Å². The van der Waals surface area contributed by atoms with Crippen LogP contribution in [0.5, 0.6) is 0 Å². The molecule has 2 unspecified atom stereocenters. The van der Waals surface area contributed by atoms with E-state index in [1.54, 1.807) is 0 Å². The summed E-state index contributed by atoms with van der Waals surface area (Å²) in [7, 11) is 0. The minimum Gasteiger partial charge on any atom is -0.311 e. The van der Waals surface area contributed by atoms with Crippen molar-refractivity contribution in [2.24, 2.45) is 5.92 Å². The van der Waals surface area contributed by atoms with E-state index in [4.69, 9.17) is 0 Å². The van der Waals surface area contributed by atoms with Crippen molar-refractivity contribution in [2.45, 2.75) is 18.8 Å². The average Bonchev–Trinajstić information content (AvgIpc) is 3.44. The van der Waals surface area contributed by atoms with Gasteiger partial charge >= 0.3 is 0 Å². The molecule has 336 valence electrons. The number of rotatable bonds is 13. The van der Waals surface area contributed by atoms with Gasteiger partial charge in [-0.3, -0.25) is 0 Å². The zero-order valence-electron chi connectivity index (χ0n) is 39.4. The van der Waals surface area contributed by atoms with Crippen molar-refractivity contribution in [1.29, 1.82) is 0 Å². The maximum atomic E-state index is 2.54. The molecule has 0 aromatic heterocycles. The molecule has 0 N–H and O–H groups in total. The summed E-state index contributed by atoms with van der Waals surface area (Å²) >= 11 is 0. The van der Waals surface area contributed by atoms with E-state index in [1.165, 1.54) is 55.6 Å². The topological polar surface area (TPSA) is 6.48 Å². The Morgan fingerprint density at radius 1 is 0.314 bits per heavy atom. The Balaban J connectivity index is 1.00. The van der Waals surface area contributed by atoms with E-state index < -0.39 is 5.41 Å². The summed E-state index contributed by atoms with van der Waals surface area (Å²) in [6.45, 7) is 2.45. The molecule has 0 saturated carbocycles. The second-order valence-corrected chi connectivity index (χ2v) is 18.4. The van der Waals surface area contributed by atoms with Crippen LogP contribution in [0, 0.1) is 5.92 Å². The highest BCUT2D eigenvalue weighted by molar-refractivity contribution is 5.83. The van der Waals surface area contributed by atoms with Gasteiger partial charge in [-0.2, -0.15) is 0 Å². The van der Waals surface area contributed by atoms with Gasteiger partial charge in [0, 0.05) is 45.5 Å². The molecular weight excluding hydrogens is 845 g/mol. The Kier molecular flexibility index (Phi) is 12.4. The van der Waals surface area contributed by atoms with Gasteiger partial charge in [0.25, 0.3) is 0 Å². The van der Waals surface area contributed by atoms with E-state index in [0.717, 1.165) is 40.6 Å². The quantitative estimate of drug-likeness (QED) is 0.114. The number of hydrogen-bond acceptors (Lipinski definition) is 2. The van der Waals surface area contributed by atoms with Crippen LogP contribution < -0.4 is 9.80 Å². The minimum atomic E-state index is -0.405. The second-order valence-electron chi connectivity index (χ2n) is 18.4. The summed E-state index contributed by atoms with van der Waals surface area (Å²) in [5.74, 6) is 0.102. The van der Waals surface area contributed by atoms with Crippen molar-refractivity contribution >= 4 is 34.0 Å². The van der Waals surface area contributed by atoms with Crippen LogP contribution in [0.25, 0.3) is 39.0 Å². The van der Waals surface area contributed by atoms with Crippen LogP contribution in [0.2, 0.25) is 0 Å². The average molecular weight is 899 g/mol. The first-order chi connectivity index (χ1) is 34.6. The SMILES string of the molecule is CC1(c2ccccc2)C=C(N(c2ccc(-c3ccccc3)cc2)c2ccc(-c3ccccc3)cc2)C=C(c2ccccc2)C1Cc1ccc(N(c2ccccc2)c2ccc(-c3ccccc3)cc2)cc1. The van der Waals surface area contributed by atoms with Crippen LogP contribution in [0.1, 0.15) is 23.6 Å². The molecule has 2 heteroatoms. The number of benzene rings is 10. The third kappa shape index (κ3) is 9.16. The fourth-order valence-corrected chi connectivity index (χ4v) is 10.3. The third-order valence-electron chi connectivity index (χ3n) is 14.0. The van der Waals surface area contributed by atoms with Crippen LogP contribution in [-0.4, -0.2) is 0 Å². The zero-order chi connectivity index (χ0) is 47.1.